The largest absolute Gasteiger partial charge is 0.381 e. The Morgan fingerprint density at radius 1 is 1.27 bits per heavy atom. The van der Waals surface area contributed by atoms with Crippen molar-refractivity contribution in [3.63, 3.8) is 0 Å². The maximum absolute atomic E-state index is 12.8. The number of hydrogen-bond acceptors (Lipinski definition) is 6. The average molecular weight is 356 g/mol. The molecule has 4 heterocycles. The van der Waals surface area contributed by atoms with Crippen molar-refractivity contribution in [3.05, 3.63) is 30.7 Å². The molecule has 0 unspecified atom stereocenters. The van der Waals surface area contributed by atoms with Crippen molar-refractivity contribution < 1.29 is 9.53 Å². The molecule has 0 aromatic carbocycles. The smallest absolute Gasteiger partial charge is 0.230 e. The SMILES string of the molecule is O=C(Nc1ccnn1C[C@H]1CCOC1)[C@@H]1CCCN(c2ncccn2)C1. The van der Waals surface area contributed by atoms with Crippen molar-refractivity contribution in [1.82, 2.24) is 19.7 Å². The van der Waals surface area contributed by atoms with Crippen LogP contribution in [-0.4, -0.2) is 52.0 Å². The average Bonchev–Trinajstić information content (AvgIpc) is 3.35. The molecule has 0 saturated carbocycles. The molecule has 8 heteroatoms. The second-order valence-corrected chi connectivity index (χ2v) is 6.95. The van der Waals surface area contributed by atoms with Gasteiger partial charge in [-0.05, 0) is 25.3 Å². The fraction of sp³-hybridized carbons (Fsp3) is 0.556. The summed E-state index contributed by atoms with van der Waals surface area (Å²) in [5, 5.41) is 7.42. The van der Waals surface area contributed by atoms with Crippen LogP contribution in [0.3, 0.4) is 0 Å². The molecule has 138 valence electrons. The maximum Gasteiger partial charge on any atom is 0.230 e. The Hall–Kier alpha value is -2.48. The molecule has 4 rings (SSSR count). The lowest BCUT2D eigenvalue weighted by molar-refractivity contribution is -0.120. The highest BCUT2D eigenvalue weighted by atomic mass is 16.5. The van der Waals surface area contributed by atoms with Gasteiger partial charge in [-0.25, -0.2) is 14.6 Å². The number of ether oxygens (including phenoxy) is 1. The minimum absolute atomic E-state index is 0.0371. The van der Waals surface area contributed by atoms with Gasteiger partial charge < -0.3 is 15.0 Å². The predicted molar refractivity (Wildman–Crippen MR) is 96.8 cm³/mol. The van der Waals surface area contributed by atoms with Crippen LogP contribution >= 0.6 is 0 Å². The first kappa shape index (κ1) is 17.0. The van der Waals surface area contributed by atoms with Gasteiger partial charge in [0.1, 0.15) is 5.82 Å². The van der Waals surface area contributed by atoms with E-state index >= 15 is 0 Å². The molecule has 0 bridgehead atoms. The minimum atomic E-state index is -0.0780. The van der Waals surface area contributed by atoms with Crippen LogP contribution in [0.1, 0.15) is 19.3 Å². The number of hydrogen-bond donors (Lipinski definition) is 1. The molecule has 8 nitrogen and oxygen atoms in total. The first-order chi connectivity index (χ1) is 12.8. The van der Waals surface area contributed by atoms with Crippen LogP contribution in [0.25, 0.3) is 0 Å². The van der Waals surface area contributed by atoms with Crippen LogP contribution in [0.2, 0.25) is 0 Å². The molecular formula is C18H24N6O2. The fourth-order valence-electron chi connectivity index (χ4n) is 3.61. The van der Waals surface area contributed by atoms with Gasteiger partial charge in [-0.15, -0.1) is 0 Å². The zero-order valence-corrected chi connectivity index (χ0v) is 14.8. The summed E-state index contributed by atoms with van der Waals surface area (Å²) in [5.74, 6) is 1.87. The third kappa shape index (κ3) is 3.85. The monoisotopic (exact) mass is 356 g/mol. The molecule has 2 saturated heterocycles. The third-order valence-electron chi connectivity index (χ3n) is 5.05. The van der Waals surface area contributed by atoms with Crippen molar-refractivity contribution in [2.75, 3.05) is 36.5 Å². The van der Waals surface area contributed by atoms with E-state index in [2.05, 4.69) is 25.3 Å². The first-order valence-corrected chi connectivity index (χ1v) is 9.22. The lowest BCUT2D eigenvalue weighted by Crippen LogP contribution is -2.41. The summed E-state index contributed by atoms with van der Waals surface area (Å²) in [6.45, 7) is 3.88. The number of carbonyl (C=O) groups is 1. The molecule has 2 atom stereocenters. The maximum atomic E-state index is 12.8. The first-order valence-electron chi connectivity index (χ1n) is 9.22. The van der Waals surface area contributed by atoms with Gasteiger partial charge in [0.15, 0.2) is 0 Å². The van der Waals surface area contributed by atoms with Crippen LogP contribution < -0.4 is 10.2 Å². The molecule has 1 amide bonds. The summed E-state index contributed by atoms with van der Waals surface area (Å²) < 4.78 is 7.30. The Morgan fingerprint density at radius 2 is 2.15 bits per heavy atom. The highest BCUT2D eigenvalue weighted by Gasteiger charge is 2.28. The van der Waals surface area contributed by atoms with E-state index in [9.17, 15) is 4.79 Å². The Morgan fingerprint density at radius 3 is 2.96 bits per heavy atom. The second-order valence-electron chi connectivity index (χ2n) is 6.95. The number of nitrogens with zero attached hydrogens (tertiary/aromatic N) is 5. The molecule has 2 aromatic rings. The number of nitrogens with one attached hydrogen (secondary N) is 1. The number of aromatic nitrogens is 4. The summed E-state index contributed by atoms with van der Waals surface area (Å²) in [4.78, 5) is 23.5. The standard InChI is InChI=1S/C18H24N6O2/c25-17(15-3-1-9-23(12-15)18-19-6-2-7-20-18)22-16-4-8-21-24(16)11-14-5-10-26-13-14/h2,4,6-8,14-15H,1,3,5,9-13H2,(H,22,25)/t14-,15-/m1/s1. The van der Waals surface area contributed by atoms with Gasteiger partial charge in [0, 0.05) is 50.6 Å². The van der Waals surface area contributed by atoms with E-state index in [1.807, 2.05) is 10.7 Å². The van der Waals surface area contributed by atoms with E-state index in [1.165, 1.54) is 0 Å². The van der Waals surface area contributed by atoms with Crippen molar-refractivity contribution in [3.8, 4) is 0 Å². The molecule has 2 fully saturated rings. The van der Waals surface area contributed by atoms with Gasteiger partial charge >= 0.3 is 0 Å². The Labute approximate surface area is 152 Å². The minimum Gasteiger partial charge on any atom is -0.381 e. The lowest BCUT2D eigenvalue weighted by Gasteiger charge is -2.31. The van der Waals surface area contributed by atoms with Crippen LogP contribution in [0.4, 0.5) is 11.8 Å². The lowest BCUT2D eigenvalue weighted by atomic mass is 9.97. The van der Waals surface area contributed by atoms with Gasteiger partial charge in [-0.2, -0.15) is 5.10 Å². The van der Waals surface area contributed by atoms with E-state index in [4.69, 9.17) is 4.74 Å². The second kappa shape index (κ2) is 7.82. The van der Waals surface area contributed by atoms with Gasteiger partial charge in [-0.3, -0.25) is 4.79 Å². The van der Waals surface area contributed by atoms with E-state index < -0.39 is 0 Å². The summed E-state index contributed by atoms with van der Waals surface area (Å²) in [6.07, 6.45) is 8.07. The molecule has 0 spiro atoms. The molecular weight excluding hydrogens is 332 g/mol. The summed E-state index contributed by atoms with van der Waals surface area (Å²) in [7, 11) is 0. The van der Waals surface area contributed by atoms with Crippen LogP contribution in [-0.2, 0) is 16.1 Å². The molecule has 0 aliphatic carbocycles. The summed E-state index contributed by atoms with van der Waals surface area (Å²) in [5.41, 5.74) is 0. The van der Waals surface area contributed by atoms with E-state index in [-0.39, 0.29) is 11.8 Å². The number of anilines is 2. The summed E-state index contributed by atoms with van der Waals surface area (Å²) in [6, 6.07) is 3.66. The van der Waals surface area contributed by atoms with E-state index in [1.54, 1.807) is 24.7 Å². The van der Waals surface area contributed by atoms with Gasteiger partial charge in [0.05, 0.1) is 18.7 Å². The Balaban J connectivity index is 1.38. The van der Waals surface area contributed by atoms with Crippen molar-refractivity contribution >= 4 is 17.7 Å². The number of carbonyl (C=O) groups excluding carboxylic acids is 1. The molecule has 1 N–H and O–H groups in total. The van der Waals surface area contributed by atoms with Crippen LogP contribution in [0, 0.1) is 11.8 Å². The van der Waals surface area contributed by atoms with E-state index in [0.717, 1.165) is 51.4 Å². The Bertz CT molecular complexity index is 728. The van der Waals surface area contributed by atoms with Crippen molar-refractivity contribution in [1.29, 1.82) is 0 Å². The van der Waals surface area contributed by atoms with Gasteiger partial charge in [0.25, 0.3) is 0 Å². The number of amides is 1. The Kier molecular flexibility index (Phi) is 5.10. The highest BCUT2D eigenvalue weighted by molar-refractivity contribution is 5.92. The predicted octanol–water partition coefficient (Wildman–Crippen LogP) is 1.56. The molecule has 0 radical (unpaired) electrons. The molecule has 2 aliphatic heterocycles. The van der Waals surface area contributed by atoms with Crippen LogP contribution in [0.5, 0.6) is 0 Å². The van der Waals surface area contributed by atoms with Crippen molar-refractivity contribution in [2.24, 2.45) is 11.8 Å². The van der Waals surface area contributed by atoms with E-state index in [0.29, 0.717) is 18.4 Å². The van der Waals surface area contributed by atoms with Gasteiger partial charge in [0.2, 0.25) is 11.9 Å². The normalized spacial score (nSPS) is 23.2. The topological polar surface area (TPSA) is 85.2 Å². The summed E-state index contributed by atoms with van der Waals surface area (Å²) >= 11 is 0. The fourth-order valence-corrected chi connectivity index (χ4v) is 3.61. The van der Waals surface area contributed by atoms with Gasteiger partial charge in [-0.1, -0.05) is 0 Å². The molecule has 2 aliphatic rings. The quantitative estimate of drug-likeness (QED) is 0.875. The van der Waals surface area contributed by atoms with Crippen molar-refractivity contribution in [2.45, 2.75) is 25.8 Å². The van der Waals surface area contributed by atoms with Crippen LogP contribution in [0.15, 0.2) is 30.7 Å². The molecule has 26 heavy (non-hydrogen) atoms. The highest BCUT2D eigenvalue weighted by Crippen LogP contribution is 2.22. The number of rotatable bonds is 5. The molecule has 2 aromatic heterocycles. The number of piperidine rings is 1. The zero-order valence-electron chi connectivity index (χ0n) is 14.8. The zero-order chi connectivity index (χ0) is 17.8. The third-order valence-corrected chi connectivity index (χ3v) is 5.05.